The van der Waals surface area contributed by atoms with Gasteiger partial charge >= 0.3 is 5.69 Å². The van der Waals surface area contributed by atoms with E-state index in [0.717, 1.165) is 24.6 Å². The molecule has 4 rings (SSSR count). The van der Waals surface area contributed by atoms with E-state index in [9.17, 15) is 10.1 Å². The second-order valence-corrected chi connectivity index (χ2v) is 7.65. The molecule has 0 unspecified atom stereocenters. The molecule has 0 saturated carbocycles. The Labute approximate surface area is 169 Å². The van der Waals surface area contributed by atoms with Crippen LogP contribution in [0, 0.1) is 10.1 Å². The van der Waals surface area contributed by atoms with E-state index in [-0.39, 0.29) is 5.69 Å². The summed E-state index contributed by atoms with van der Waals surface area (Å²) < 4.78 is 1.95. The molecule has 0 amide bonds. The zero-order chi connectivity index (χ0) is 19.5. The van der Waals surface area contributed by atoms with Crippen molar-refractivity contribution in [2.75, 3.05) is 13.1 Å². The van der Waals surface area contributed by atoms with Gasteiger partial charge in [0.15, 0.2) is 11.0 Å². The van der Waals surface area contributed by atoms with Gasteiger partial charge in [0.05, 0.1) is 11.5 Å². The molecule has 0 radical (unpaired) electrons. The summed E-state index contributed by atoms with van der Waals surface area (Å²) in [5.74, 6) is 0.814. The molecule has 0 bridgehead atoms. The zero-order valence-corrected chi connectivity index (χ0v) is 16.3. The van der Waals surface area contributed by atoms with Gasteiger partial charge in [-0.1, -0.05) is 11.6 Å². The minimum Gasteiger partial charge on any atom is -0.296 e. The van der Waals surface area contributed by atoms with E-state index in [1.807, 2.05) is 28.8 Å². The summed E-state index contributed by atoms with van der Waals surface area (Å²) in [5, 5.41) is 21.1. The molecule has 3 heterocycles. The summed E-state index contributed by atoms with van der Waals surface area (Å²) >= 11 is 7.24. The van der Waals surface area contributed by atoms with Crippen molar-refractivity contribution < 1.29 is 4.92 Å². The van der Waals surface area contributed by atoms with Crippen molar-refractivity contribution in [1.29, 1.82) is 0 Å². The minimum absolute atomic E-state index is 0.154. The Hall–Kier alpha value is -2.56. The number of aromatic nitrogens is 5. The second-order valence-electron chi connectivity index (χ2n) is 6.28. The van der Waals surface area contributed by atoms with Gasteiger partial charge in [0.1, 0.15) is 12.4 Å². The molecule has 9 nitrogen and oxygen atoms in total. The van der Waals surface area contributed by atoms with Crippen molar-refractivity contribution in [3.05, 3.63) is 57.6 Å². The Morgan fingerprint density at radius 2 is 1.79 bits per heavy atom. The SMILES string of the molecule is O=[N+]([O-])c1cnc(Sc2nnc(CN3CCCC3)n2-c2ccc(Cl)cc2)nc1. The standard InChI is InChI=1S/C17H16ClN7O2S/c18-12-3-5-13(6-4-12)24-15(11-23-7-1-2-8-23)21-22-17(24)28-16-19-9-14(10-20-16)25(26)27/h3-6,9-10H,1-2,7-8,11H2. The summed E-state index contributed by atoms with van der Waals surface area (Å²) in [5.41, 5.74) is 0.728. The van der Waals surface area contributed by atoms with Crippen molar-refractivity contribution in [2.45, 2.75) is 29.7 Å². The van der Waals surface area contributed by atoms with Crippen LogP contribution in [-0.2, 0) is 6.54 Å². The molecule has 28 heavy (non-hydrogen) atoms. The first kappa shape index (κ1) is 18.8. The van der Waals surface area contributed by atoms with Crippen LogP contribution in [0.2, 0.25) is 5.02 Å². The maximum absolute atomic E-state index is 10.8. The van der Waals surface area contributed by atoms with Crippen LogP contribution >= 0.6 is 23.4 Å². The van der Waals surface area contributed by atoms with Crippen molar-refractivity contribution in [3.8, 4) is 5.69 Å². The van der Waals surface area contributed by atoms with Gasteiger partial charge in [-0.05, 0) is 62.0 Å². The topological polar surface area (TPSA) is 103 Å². The summed E-state index contributed by atoms with van der Waals surface area (Å²) in [6, 6.07) is 7.43. The summed E-state index contributed by atoms with van der Waals surface area (Å²) in [7, 11) is 0. The van der Waals surface area contributed by atoms with E-state index in [1.165, 1.54) is 37.0 Å². The largest absolute Gasteiger partial charge is 0.305 e. The lowest BCUT2D eigenvalue weighted by atomic mass is 10.3. The molecule has 1 saturated heterocycles. The fourth-order valence-corrected chi connectivity index (χ4v) is 3.88. The molecule has 0 spiro atoms. The van der Waals surface area contributed by atoms with Crippen molar-refractivity contribution in [1.82, 2.24) is 29.6 Å². The number of benzene rings is 1. The summed E-state index contributed by atoms with van der Waals surface area (Å²) in [6.07, 6.45) is 4.74. The molecular formula is C17H16ClN7O2S. The number of hydrogen-bond acceptors (Lipinski definition) is 8. The van der Waals surface area contributed by atoms with E-state index in [4.69, 9.17) is 11.6 Å². The Morgan fingerprint density at radius 3 is 2.43 bits per heavy atom. The number of nitro groups is 1. The van der Waals surface area contributed by atoms with Crippen LogP contribution < -0.4 is 0 Å². The fourth-order valence-electron chi connectivity index (χ4n) is 3.00. The quantitative estimate of drug-likeness (QED) is 0.341. The molecule has 1 aliphatic heterocycles. The van der Waals surface area contributed by atoms with Gasteiger partial charge in [-0.25, -0.2) is 9.97 Å². The highest BCUT2D eigenvalue weighted by Crippen LogP contribution is 2.28. The molecule has 0 atom stereocenters. The Kier molecular flexibility index (Phi) is 5.51. The number of hydrogen-bond donors (Lipinski definition) is 0. The van der Waals surface area contributed by atoms with E-state index in [0.29, 0.717) is 21.9 Å². The van der Waals surface area contributed by atoms with Gasteiger partial charge in [0.25, 0.3) is 0 Å². The van der Waals surface area contributed by atoms with E-state index >= 15 is 0 Å². The third-order valence-electron chi connectivity index (χ3n) is 4.36. The van der Waals surface area contributed by atoms with Gasteiger partial charge in [-0.2, -0.15) is 0 Å². The normalized spacial score (nSPS) is 14.5. The predicted octanol–water partition coefficient (Wildman–Crippen LogP) is 3.37. The highest BCUT2D eigenvalue weighted by Gasteiger charge is 2.20. The van der Waals surface area contributed by atoms with Crippen LogP contribution in [0.1, 0.15) is 18.7 Å². The van der Waals surface area contributed by atoms with Gasteiger partial charge in [0.2, 0.25) is 5.16 Å². The third kappa shape index (κ3) is 4.13. The first-order chi connectivity index (χ1) is 13.6. The highest BCUT2D eigenvalue weighted by atomic mass is 35.5. The smallest absolute Gasteiger partial charge is 0.296 e. The lowest BCUT2D eigenvalue weighted by Crippen LogP contribution is -2.21. The Balaban J connectivity index is 1.66. The monoisotopic (exact) mass is 417 g/mol. The van der Waals surface area contributed by atoms with Crippen molar-refractivity contribution >= 4 is 29.1 Å². The molecule has 144 valence electrons. The Bertz CT molecular complexity index is 972. The number of rotatable bonds is 6. The average molecular weight is 418 g/mol. The molecule has 0 aliphatic carbocycles. The van der Waals surface area contributed by atoms with Gasteiger partial charge < -0.3 is 0 Å². The van der Waals surface area contributed by atoms with Crippen LogP contribution in [0.25, 0.3) is 5.69 Å². The number of nitrogens with zero attached hydrogens (tertiary/aromatic N) is 7. The zero-order valence-electron chi connectivity index (χ0n) is 14.7. The van der Waals surface area contributed by atoms with Crippen LogP contribution in [-0.4, -0.2) is 47.6 Å². The van der Waals surface area contributed by atoms with Gasteiger partial charge in [-0.15, -0.1) is 10.2 Å². The van der Waals surface area contributed by atoms with E-state index in [1.54, 1.807) is 0 Å². The fraction of sp³-hybridized carbons (Fsp3) is 0.294. The molecular weight excluding hydrogens is 402 g/mol. The predicted molar refractivity (Wildman–Crippen MR) is 104 cm³/mol. The van der Waals surface area contributed by atoms with Crippen LogP contribution in [0.4, 0.5) is 5.69 Å². The van der Waals surface area contributed by atoms with Gasteiger partial charge in [0, 0.05) is 10.7 Å². The van der Waals surface area contributed by atoms with E-state index in [2.05, 4.69) is 25.1 Å². The first-order valence-electron chi connectivity index (χ1n) is 8.67. The highest BCUT2D eigenvalue weighted by molar-refractivity contribution is 7.99. The van der Waals surface area contributed by atoms with Crippen molar-refractivity contribution in [2.24, 2.45) is 0 Å². The van der Waals surface area contributed by atoms with Crippen LogP contribution in [0.3, 0.4) is 0 Å². The molecule has 1 fully saturated rings. The molecule has 3 aromatic rings. The maximum Gasteiger partial charge on any atom is 0.305 e. The summed E-state index contributed by atoms with van der Waals surface area (Å²) in [4.78, 5) is 20.7. The van der Waals surface area contributed by atoms with E-state index < -0.39 is 4.92 Å². The lowest BCUT2D eigenvalue weighted by molar-refractivity contribution is -0.385. The maximum atomic E-state index is 10.8. The molecule has 1 aliphatic rings. The Morgan fingerprint density at radius 1 is 1.11 bits per heavy atom. The van der Waals surface area contributed by atoms with Crippen LogP contribution in [0.5, 0.6) is 0 Å². The lowest BCUT2D eigenvalue weighted by Gasteiger charge is -2.15. The van der Waals surface area contributed by atoms with Crippen LogP contribution in [0.15, 0.2) is 47.0 Å². The third-order valence-corrected chi connectivity index (χ3v) is 5.45. The second kappa shape index (κ2) is 8.21. The molecule has 2 aromatic heterocycles. The first-order valence-corrected chi connectivity index (χ1v) is 9.86. The minimum atomic E-state index is -0.529. The van der Waals surface area contributed by atoms with Gasteiger partial charge in [-0.3, -0.25) is 19.6 Å². The molecule has 1 aromatic carbocycles. The average Bonchev–Trinajstić information content (AvgIpc) is 3.34. The number of likely N-dealkylation sites (tertiary alicyclic amines) is 1. The molecule has 0 N–H and O–H groups in total. The van der Waals surface area contributed by atoms with Crippen molar-refractivity contribution in [3.63, 3.8) is 0 Å². The summed E-state index contributed by atoms with van der Waals surface area (Å²) in [6.45, 7) is 2.78. The molecule has 11 heteroatoms. The number of halogens is 1.